The highest BCUT2D eigenvalue weighted by Crippen LogP contribution is 2.49. The van der Waals surface area contributed by atoms with Crippen molar-refractivity contribution in [1.29, 1.82) is 0 Å². The Morgan fingerprint density at radius 1 is 0.375 bits per heavy atom. The molecule has 0 aliphatic carbocycles. The van der Waals surface area contributed by atoms with E-state index in [1.807, 2.05) is 0 Å². The van der Waals surface area contributed by atoms with E-state index in [4.69, 9.17) is 0 Å². The second-order valence-electron chi connectivity index (χ2n) is 4.22. The maximum atomic E-state index is 13.3. The van der Waals surface area contributed by atoms with Crippen LogP contribution in [0, 0.1) is 0 Å². The lowest BCUT2D eigenvalue weighted by molar-refractivity contribution is 0.103. The van der Waals surface area contributed by atoms with E-state index >= 15 is 0 Å². The van der Waals surface area contributed by atoms with Gasteiger partial charge in [0, 0.05) is 44.7 Å². The molecular weight excluding hydrogens is 971 g/mol. The zero-order chi connectivity index (χ0) is 18.5. The van der Waals surface area contributed by atoms with E-state index in [1.54, 1.807) is 0 Å². The summed E-state index contributed by atoms with van der Waals surface area (Å²) in [6.45, 7) is 0. The first-order valence-corrected chi connectivity index (χ1v) is 13.5. The fourth-order valence-electron chi connectivity index (χ4n) is 1.73. The largest absolute Gasteiger partial charge is 0.288 e. The molecule has 0 fully saturated rings. The van der Waals surface area contributed by atoms with E-state index in [1.165, 1.54) is 0 Å². The van der Waals surface area contributed by atoms with Gasteiger partial charge in [0.2, 0.25) is 0 Å². The van der Waals surface area contributed by atoms with E-state index in [0.29, 0.717) is 29.0 Å². The van der Waals surface area contributed by atoms with Gasteiger partial charge in [0.1, 0.15) is 0 Å². The maximum absolute atomic E-state index is 13.3. The molecule has 2 aromatic carbocycles. The minimum atomic E-state index is -0.171. The molecule has 0 saturated heterocycles. The molecule has 0 spiro atoms. The zero-order valence-corrected chi connectivity index (χ0v) is 26.5. The van der Waals surface area contributed by atoms with Gasteiger partial charge in [-0.25, -0.2) is 0 Å². The van der Waals surface area contributed by atoms with Gasteiger partial charge in [0.25, 0.3) is 0 Å². The Kier molecular flexibility index (Phi) is 8.84. The fourth-order valence-corrected chi connectivity index (χ4v) is 8.55. The van der Waals surface area contributed by atoms with Crippen molar-refractivity contribution in [3.05, 3.63) is 55.9 Å². The average Bonchev–Trinajstić information content (AvgIpc) is 2.55. The summed E-state index contributed by atoms with van der Waals surface area (Å²) in [5, 5.41) is 0. The predicted octanol–water partition coefficient (Wildman–Crippen LogP) is 10.5. The van der Waals surface area contributed by atoms with E-state index < -0.39 is 0 Å². The lowest BCUT2D eigenvalue weighted by Gasteiger charge is -2.16. The van der Waals surface area contributed by atoms with E-state index in [9.17, 15) is 4.79 Å². The van der Waals surface area contributed by atoms with Crippen LogP contribution < -0.4 is 0 Å². The molecule has 2 rings (SSSR count). The Morgan fingerprint density at radius 3 is 0.750 bits per heavy atom. The minimum Gasteiger partial charge on any atom is -0.288 e. The summed E-state index contributed by atoms with van der Waals surface area (Å²) >= 11 is 34.9. The molecule has 2 aromatic rings. The van der Waals surface area contributed by atoms with E-state index in [2.05, 4.69) is 159 Å². The van der Waals surface area contributed by atoms with E-state index in [0.717, 1.165) is 26.8 Å². The Bertz CT molecular complexity index is 760. The number of benzene rings is 2. The second kappa shape index (κ2) is 9.15. The lowest BCUT2D eigenvalue weighted by Crippen LogP contribution is -2.08. The third-order valence-electron chi connectivity index (χ3n) is 2.87. The summed E-state index contributed by atoms with van der Waals surface area (Å²) in [7, 11) is 0. The van der Waals surface area contributed by atoms with Crippen LogP contribution in [0.2, 0.25) is 0 Å². The van der Waals surface area contributed by atoms with Crippen LogP contribution in [0.25, 0.3) is 0 Å². The Labute approximate surface area is 222 Å². The van der Waals surface area contributed by atoms with Crippen molar-refractivity contribution < 1.29 is 4.79 Å². The number of carbonyl (C=O) groups excluding carboxylic acids is 1. The summed E-state index contributed by atoms with van der Waals surface area (Å²) in [5.74, 6) is -0.171. The SMILES string of the molecule is O=C(c1c(Br)c(Br)c(Br)c(Br)c1Br)c1c(Br)c(Br)c(Br)c(Br)c1Br. The standard InChI is InChI=1S/C13Br10O/c14-3-1(4(15)8(19)11(22)7(3)18)13(24)2-5(16)9(20)12(23)10(21)6(2)17. The van der Waals surface area contributed by atoms with Crippen molar-refractivity contribution in [3.63, 3.8) is 0 Å². The molecular formula is C13Br10O. The first-order chi connectivity index (χ1) is 11.0. The summed E-state index contributed by atoms with van der Waals surface area (Å²) in [5.41, 5.74) is 0.971. The van der Waals surface area contributed by atoms with Gasteiger partial charge in [-0.1, -0.05) is 0 Å². The van der Waals surface area contributed by atoms with Crippen molar-refractivity contribution in [3.8, 4) is 0 Å². The van der Waals surface area contributed by atoms with Crippen LogP contribution >= 0.6 is 159 Å². The van der Waals surface area contributed by atoms with Gasteiger partial charge < -0.3 is 0 Å². The van der Waals surface area contributed by atoms with Crippen molar-refractivity contribution in [1.82, 2.24) is 0 Å². The molecule has 0 aliphatic rings. The molecule has 11 heteroatoms. The molecule has 0 bridgehead atoms. The molecule has 24 heavy (non-hydrogen) atoms. The molecule has 1 nitrogen and oxygen atoms in total. The normalized spacial score (nSPS) is 11.1. The Balaban J connectivity index is 2.87. The van der Waals surface area contributed by atoms with Crippen molar-refractivity contribution in [2.24, 2.45) is 0 Å². The van der Waals surface area contributed by atoms with Crippen LogP contribution in [0.4, 0.5) is 0 Å². The molecule has 0 aliphatic heterocycles. The van der Waals surface area contributed by atoms with Gasteiger partial charge in [0.05, 0.1) is 11.1 Å². The predicted molar refractivity (Wildman–Crippen MR) is 133 cm³/mol. The Morgan fingerprint density at radius 2 is 0.542 bits per heavy atom. The van der Waals surface area contributed by atoms with Crippen LogP contribution in [0.3, 0.4) is 0 Å². The molecule has 0 heterocycles. The van der Waals surface area contributed by atoms with Gasteiger partial charge in [-0.05, 0) is 159 Å². The molecule has 0 amide bonds. The van der Waals surface area contributed by atoms with Crippen LogP contribution in [0.1, 0.15) is 15.9 Å². The van der Waals surface area contributed by atoms with Gasteiger partial charge in [-0.15, -0.1) is 0 Å². The molecule has 0 radical (unpaired) electrons. The van der Waals surface area contributed by atoms with Gasteiger partial charge >= 0.3 is 0 Å². The van der Waals surface area contributed by atoms with E-state index in [-0.39, 0.29) is 5.78 Å². The van der Waals surface area contributed by atoms with Crippen LogP contribution in [0.15, 0.2) is 44.7 Å². The smallest absolute Gasteiger partial charge is 0.197 e. The van der Waals surface area contributed by atoms with Crippen molar-refractivity contribution in [2.45, 2.75) is 0 Å². The van der Waals surface area contributed by atoms with Gasteiger partial charge in [0.15, 0.2) is 5.78 Å². The topological polar surface area (TPSA) is 17.1 Å². The number of rotatable bonds is 2. The van der Waals surface area contributed by atoms with Crippen LogP contribution in [0.5, 0.6) is 0 Å². The molecule has 128 valence electrons. The molecule has 0 aromatic heterocycles. The monoisotopic (exact) mass is 961 g/mol. The third kappa shape index (κ3) is 4.10. The van der Waals surface area contributed by atoms with Crippen molar-refractivity contribution in [2.75, 3.05) is 0 Å². The maximum Gasteiger partial charge on any atom is 0.197 e. The van der Waals surface area contributed by atoms with Crippen molar-refractivity contribution >= 4 is 165 Å². The van der Waals surface area contributed by atoms with Gasteiger partial charge in [-0.2, -0.15) is 0 Å². The number of hydrogen-bond acceptors (Lipinski definition) is 1. The summed E-state index contributed by atoms with van der Waals surface area (Å²) in [6.07, 6.45) is 0. The van der Waals surface area contributed by atoms with Crippen LogP contribution in [-0.2, 0) is 0 Å². The highest BCUT2D eigenvalue weighted by atomic mass is 79.9. The molecule has 0 atom stereocenters. The molecule has 0 saturated carbocycles. The number of carbonyl (C=O) groups is 1. The first kappa shape index (κ1) is 23.2. The molecule has 0 N–H and O–H groups in total. The van der Waals surface area contributed by atoms with Gasteiger partial charge in [-0.3, -0.25) is 4.79 Å². The minimum absolute atomic E-state index is 0.171. The third-order valence-corrected chi connectivity index (χ3v) is 15.1. The summed E-state index contributed by atoms with van der Waals surface area (Å²) in [4.78, 5) is 13.3. The summed E-state index contributed by atoms with van der Waals surface area (Å²) < 4.78 is 7.13. The highest BCUT2D eigenvalue weighted by Gasteiger charge is 2.29. The lowest BCUT2D eigenvalue weighted by atomic mass is 10.0. The molecule has 0 unspecified atom stereocenters. The highest BCUT2D eigenvalue weighted by molar-refractivity contribution is 9.16. The van der Waals surface area contributed by atoms with Crippen LogP contribution in [-0.4, -0.2) is 5.78 Å². The fraction of sp³-hybridized carbons (Fsp3) is 0. The summed E-state index contributed by atoms with van der Waals surface area (Å²) in [6, 6.07) is 0. The second-order valence-corrected chi connectivity index (χ2v) is 12.1. The number of ketones is 1. The Hall–Kier alpha value is 2.91. The zero-order valence-electron chi connectivity index (χ0n) is 10.7. The average molecular weight is 971 g/mol. The number of halogens is 10. The first-order valence-electron chi connectivity index (χ1n) is 5.59. The number of hydrogen-bond donors (Lipinski definition) is 0. The quantitative estimate of drug-likeness (QED) is 0.167.